The van der Waals surface area contributed by atoms with Crippen molar-refractivity contribution in [2.75, 3.05) is 31.1 Å². The number of nitrogens with one attached hydrogen (secondary N) is 2. The molecule has 3 aromatic heterocycles. The monoisotopic (exact) mass is 492 g/mol. The van der Waals surface area contributed by atoms with Gasteiger partial charge in [-0.2, -0.15) is 5.10 Å². The second kappa shape index (κ2) is 9.55. The lowest BCUT2D eigenvalue weighted by Gasteiger charge is -2.16. The minimum absolute atomic E-state index is 0.0398. The number of nitrogens with zero attached hydrogens (tertiary/aromatic N) is 5. The van der Waals surface area contributed by atoms with Crippen LogP contribution in [0.5, 0.6) is 5.75 Å². The highest BCUT2D eigenvalue weighted by atomic mass is 31.2. The highest BCUT2D eigenvalue weighted by Crippen LogP contribution is 2.40. The van der Waals surface area contributed by atoms with E-state index in [0.717, 1.165) is 0 Å². The van der Waals surface area contributed by atoms with Gasteiger partial charge >= 0.3 is 0 Å². The van der Waals surface area contributed by atoms with E-state index in [-0.39, 0.29) is 5.69 Å². The molecule has 180 valence electrons. The number of rotatable bonds is 8. The van der Waals surface area contributed by atoms with Crippen LogP contribution in [0.3, 0.4) is 0 Å². The fourth-order valence-corrected chi connectivity index (χ4v) is 4.77. The minimum Gasteiger partial charge on any atom is -0.494 e. The van der Waals surface area contributed by atoms with Crippen molar-refractivity contribution in [2.45, 2.75) is 0 Å². The zero-order valence-corrected chi connectivity index (χ0v) is 20.6. The molecule has 11 nitrogen and oxygen atoms in total. The van der Waals surface area contributed by atoms with Crippen LogP contribution in [0.2, 0.25) is 0 Å². The highest BCUT2D eigenvalue weighted by molar-refractivity contribution is 7.69. The minimum atomic E-state index is -2.53. The van der Waals surface area contributed by atoms with Crippen molar-refractivity contribution in [3.8, 4) is 17.0 Å². The number of hydrogen-bond donors (Lipinski definition) is 3. The molecule has 0 radical (unpaired) electrons. The molecular weight excluding hydrogens is 467 g/mol. The van der Waals surface area contributed by atoms with Crippen LogP contribution in [0.1, 0.15) is 10.5 Å². The van der Waals surface area contributed by atoms with Crippen molar-refractivity contribution >= 4 is 41.5 Å². The van der Waals surface area contributed by atoms with Crippen molar-refractivity contribution < 1.29 is 14.1 Å². The van der Waals surface area contributed by atoms with Gasteiger partial charge in [0.2, 0.25) is 0 Å². The summed E-state index contributed by atoms with van der Waals surface area (Å²) in [6.07, 6.45) is 1.64. The number of nitrogens with two attached hydrogens (primary N) is 1. The fourth-order valence-electron chi connectivity index (χ4n) is 3.59. The molecule has 4 aromatic rings. The summed E-state index contributed by atoms with van der Waals surface area (Å²) in [4.78, 5) is 16.2. The number of benzene rings is 1. The van der Waals surface area contributed by atoms with E-state index >= 15 is 0 Å². The molecule has 4 rings (SSSR count). The first-order valence-electron chi connectivity index (χ1n) is 10.6. The Bertz CT molecular complexity index is 1430. The molecule has 0 fully saturated rings. The summed E-state index contributed by atoms with van der Waals surface area (Å²) in [7, 11) is 0.757. The first kappa shape index (κ1) is 23.9. The normalized spacial score (nSPS) is 11.2. The lowest BCUT2D eigenvalue weighted by atomic mass is 10.1. The van der Waals surface area contributed by atoms with E-state index < -0.39 is 13.0 Å². The van der Waals surface area contributed by atoms with Crippen molar-refractivity contribution in [3.63, 3.8) is 0 Å². The second-order valence-corrected chi connectivity index (χ2v) is 11.2. The van der Waals surface area contributed by atoms with Gasteiger partial charge in [0.15, 0.2) is 17.3 Å². The number of carbonyl (C=O) groups is 1. The van der Waals surface area contributed by atoms with Crippen LogP contribution in [0.4, 0.5) is 23.0 Å². The Balaban J connectivity index is 1.74. The number of pyridine rings is 1. The SMILES string of the molecule is COc1c(Nc2cc(Nc3ccccn3)nnc2C(N)=O)cccc1-c1cc(P(C)(C)=O)n(C)n1. The molecule has 0 bridgehead atoms. The fraction of sp³-hybridized carbons (Fsp3) is 0.174. The lowest BCUT2D eigenvalue weighted by Crippen LogP contribution is -2.17. The number of hydrogen-bond acceptors (Lipinski definition) is 9. The van der Waals surface area contributed by atoms with Gasteiger partial charge in [-0.1, -0.05) is 12.1 Å². The topological polar surface area (TPSA) is 150 Å². The predicted octanol–water partition coefficient (Wildman–Crippen LogP) is 3.11. The van der Waals surface area contributed by atoms with Crippen molar-refractivity contribution in [2.24, 2.45) is 12.8 Å². The molecule has 0 unspecified atom stereocenters. The van der Waals surface area contributed by atoms with Gasteiger partial charge in [-0.3, -0.25) is 9.48 Å². The van der Waals surface area contributed by atoms with E-state index in [1.54, 1.807) is 61.6 Å². The van der Waals surface area contributed by atoms with Gasteiger partial charge in [0.1, 0.15) is 13.0 Å². The van der Waals surface area contributed by atoms with E-state index in [1.165, 1.54) is 7.11 Å². The van der Waals surface area contributed by atoms with E-state index in [1.807, 2.05) is 18.2 Å². The maximum absolute atomic E-state index is 12.6. The summed E-state index contributed by atoms with van der Waals surface area (Å²) in [5, 5.41) is 18.8. The smallest absolute Gasteiger partial charge is 0.271 e. The Hall–Kier alpha value is -4.24. The van der Waals surface area contributed by atoms with Crippen LogP contribution in [-0.4, -0.2) is 51.3 Å². The van der Waals surface area contributed by atoms with Crippen LogP contribution in [-0.2, 0) is 11.6 Å². The molecule has 0 spiro atoms. The quantitative estimate of drug-likeness (QED) is 0.315. The van der Waals surface area contributed by atoms with Crippen molar-refractivity contribution in [3.05, 3.63) is 60.4 Å². The van der Waals surface area contributed by atoms with Gasteiger partial charge in [0, 0.05) is 24.9 Å². The Morgan fingerprint density at radius 3 is 2.46 bits per heavy atom. The molecule has 0 aliphatic heterocycles. The second-order valence-electron chi connectivity index (χ2n) is 8.07. The molecule has 0 saturated heterocycles. The summed E-state index contributed by atoms with van der Waals surface area (Å²) >= 11 is 0. The number of para-hydroxylation sites is 1. The summed E-state index contributed by atoms with van der Waals surface area (Å²) in [5.74, 6) is 0.665. The first-order valence-corrected chi connectivity index (χ1v) is 13.2. The molecule has 0 atom stereocenters. The summed E-state index contributed by atoms with van der Waals surface area (Å²) in [6, 6.07) is 14.2. The standard InChI is InChI=1S/C23H25N8O3P/c1-31-20(35(3,4)33)13-16(30-31)14-8-7-9-15(22(14)34-2)26-17-12-19(28-29-21(17)23(24)32)27-18-10-5-6-11-25-18/h5-13H,1-4H3,(H2,24,32)(H2,25,26,27,28). The average molecular weight is 492 g/mol. The van der Waals surface area contributed by atoms with Gasteiger partial charge in [0.25, 0.3) is 5.91 Å². The summed E-state index contributed by atoms with van der Waals surface area (Å²) < 4.78 is 20.0. The zero-order valence-electron chi connectivity index (χ0n) is 19.7. The third kappa shape index (κ3) is 5.15. The van der Waals surface area contributed by atoms with Crippen LogP contribution in [0, 0.1) is 0 Å². The predicted molar refractivity (Wildman–Crippen MR) is 136 cm³/mol. The average Bonchev–Trinajstić information content (AvgIpc) is 3.21. The molecule has 0 aliphatic rings. The number of ether oxygens (including phenoxy) is 1. The molecule has 35 heavy (non-hydrogen) atoms. The molecule has 4 N–H and O–H groups in total. The van der Waals surface area contributed by atoms with Gasteiger partial charge in [0.05, 0.1) is 29.6 Å². The summed E-state index contributed by atoms with van der Waals surface area (Å²) in [5.41, 5.74) is 8.31. The van der Waals surface area contributed by atoms with Gasteiger partial charge in [-0.25, -0.2) is 4.98 Å². The molecule has 3 heterocycles. The molecule has 1 aromatic carbocycles. The highest BCUT2D eigenvalue weighted by Gasteiger charge is 2.22. The Morgan fingerprint density at radius 2 is 1.83 bits per heavy atom. The Morgan fingerprint density at radius 1 is 1.03 bits per heavy atom. The van der Waals surface area contributed by atoms with Gasteiger partial charge in [-0.05, 0) is 43.7 Å². The van der Waals surface area contributed by atoms with Crippen molar-refractivity contribution in [1.82, 2.24) is 25.0 Å². The largest absolute Gasteiger partial charge is 0.494 e. The number of methoxy groups -OCH3 is 1. The summed E-state index contributed by atoms with van der Waals surface area (Å²) in [6.45, 7) is 3.39. The van der Waals surface area contributed by atoms with E-state index in [9.17, 15) is 9.36 Å². The van der Waals surface area contributed by atoms with Crippen LogP contribution >= 0.6 is 7.14 Å². The zero-order chi connectivity index (χ0) is 25.2. The van der Waals surface area contributed by atoms with E-state index in [2.05, 4.69) is 30.9 Å². The lowest BCUT2D eigenvalue weighted by molar-refractivity contribution is 0.0995. The van der Waals surface area contributed by atoms with Crippen LogP contribution < -0.4 is 26.5 Å². The van der Waals surface area contributed by atoms with E-state index in [4.69, 9.17) is 10.5 Å². The van der Waals surface area contributed by atoms with Crippen LogP contribution in [0.15, 0.2) is 54.7 Å². The number of aryl methyl sites for hydroxylation is 1. The maximum Gasteiger partial charge on any atom is 0.271 e. The number of aromatic nitrogens is 5. The molecule has 12 heteroatoms. The number of carbonyl (C=O) groups excluding carboxylic acids is 1. The third-order valence-corrected chi connectivity index (χ3v) is 6.64. The molecule has 0 aliphatic carbocycles. The molecule has 1 amide bonds. The van der Waals surface area contributed by atoms with Crippen molar-refractivity contribution in [1.29, 1.82) is 0 Å². The molecular formula is C23H25N8O3P. The Kier molecular flexibility index (Phi) is 6.52. The number of anilines is 4. The van der Waals surface area contributed by atoms with E-state index in [0.29, 0.717) is 45.5 Å². The number of primary amides is 1. The maximum atomic E-state index is 12.6. The Labute approximate surface area is 202 Å². The van der Waals surface area contributed by atoms with Gasteiger partial charge < -0.3 is 25.7 Å². The van der Waals surface area contributed by atoms with Crippen LogP contribution in [0.25, 0.3) is 11.3 Å². The number of amides is 1. The first-order chi connectivity index (χ1) is 16.7. The molecule has 0 saturated carbocycles. The van der Waals surface area contributed by atoms with Gasteiger partial charge in [-0.15, -0.1) is 10.2 Å². The third-order valence-electron chi connectivity index (χ3n) is 5.12.